The smallest absolute Gasteiger partial charge is 0.0593 e. The number of nitrogens with one attached hydrogen (secondary N) is 1. The van der Waals surface area contributed by atoms with Gasteiger partial charge in [-0.15, -0.1) is 0 Å². The minimum atomic E-state index is 0.417. The molecule has 1 N–H and O–H groups in total. The van der Waals surface area contributed by atoms with E-state index < -0.39 is 0 Å². The maximum absolute atomic E-state index is 5.77. The first kappa shape index (κ1) is 17.2. The first-order chi connectivity index (χ1) is 10.3. The third-order valence-electron chi connectivity index (χ3n) is 5.08. The van der Waals surface area contributed by atoms with Crippen molar-refractivity contribution in [1.82, 2.24) is 10.2 Å². The SMILES string of the molecule is CCCC1CNC2(CCCC2)CN1CCOCCCOC. The second-order valence-electron chi connectivity index (χ2n) is 6.74. The van der Waals surface area contributed by atoms with E-state index in [0.29, 0.717) is 11.6 Å². The molecule has 0 aromatic rings. The van der Waals surface area contributed by atoms with Crippen LogP contribution >= 0.6 is 0 Å². The standard InChI is InChI=1S/C17H34N2O2/c1-3-7-16-14-18-17(8-4-5-9-17)15-19(16)10-13-21-12-6-11-20-2/h16,18H,3-15H2,1-2H3. The zero-order valence-corrected chi connectivity index (χ0v) is 14.0. The lowest BCUT2D eigenvalue weighted by atomic mass is 9.91. The molecule has 0 amide bonds. The highest BCUT2D eigenvalue weighted by atomic mass is 16.5. The van der Waals surface area contributed by atoms with Crippen LogP contribution in [0, 0.1) is 0 Å². The molecular weight excluding hydrogens is 264 g/mol. The lowest BCUT2D eigenvalue weighted by Crippen LogP contribution is -2.63. The summed E-state index contributed by atoms with van der Waals surface area (Å²) in [5.74, 6) is 0. The highest BCUT2D eigenvalue weighted by Crippen LogP contribution is 2.33. The number of methoxy groups -OCH3 is 1. The van der Waals surface area contributed by atoms with Gasteiger partial charge in [-0.1, -0.05) is 26.2 Å². The average Bonchev–Trinajstić information content (AvgIpc) is 2.94. The predicted octanol–water partition coefficient (Wildman–Crippen LogP) is 2.43. The maximum Gasteiger partial charge on any atom is 0.0593 e. The van der Waals surface area contributed by atoms with Crippen LogP contribution in [0.1, 0.15) is 51.9 Å². The lowest BCUT2D eigenvalue weighted by molar-refractivity contribution is 0.0339. The monoisotopic (exact) mass is 298 g/mol. The molecule has 1 unspecified atom stereocenters. The molecule has 1 saturated carbocycles. The van der Waals surface area contributed by atoms with Gasteiger partial charge < -0.3 is 14.8 Å². The average molecular weight is 298 g/mol. The molecule has 2 aliphatic rings. The summed E-state index contributed by atoms with van der Waals surface area (Å²) < 4.78 is 10.8. The van der Waals surface area contributed by atoms with E-state index >= 15 is 0 Å². The zero-order valence-electron chi connectivity index (χ0n) is 14.0. The van der Waals surface area contributed by atoms with Crippen LogP contribution in [-0.2, 0) is 9.47 Å². The highest BCUT2D eigenvalue weighted by Gasteiger charge is 2.40. The van der Waals surface area contributed by atoms with E-state index in [2.05, 4.69) is 17.1 Å². The molecule has 1 aliphatic heterocycles. The Morgan fingerprint density at radius 1 is 1.19 bits per heavy atom. The highest BCUT2D eigenvalue weighted by molar-refractivity contribution is 5.00. The summed E-state index contributed by atoms with van der Waals surface area (Å²) in [6.07, 6.45) is 9.07. The van der Waals surface area contributed by atoms with Crippen molar-refractivity contribution in [3.63, 3.8) is 0 Å². The summed E-state index contributed by atoms with van der Waals surface area (Å²) in [6.45, 7) is 8.25. The Morgan fingerprint density at radius 3 is 2.71 bits per heavy atom. The van der Waals surface area contributed by atoms with Crippen molar-refractivity contribution < 1.29 is 9.47 Å². The first-order valence-corrected chi connectivity index (χ1v) is 8.85. The number of piperazine rings is 1. The van der Waals surface area contributed by atoms with Crippen LogP contribution in [0.2, 0.25) is 0 Å². The number of nitrogens with zero attached hydrogens (tertiary/aromatic N) is 1. The van der Waals surface area contributed by atoms with Crippen LogP contribution in [0.25, 0.3) is 0 Å². The zero-order chi connectivity index (χ0) is 15.0. The van der Waals surface area contributed by atoms with Crippen molar-refractivity contribution in [3.05, 3.63) is 0 Å². The lowest BCUT2D eigenvalue weighted by Gasteiger charge is -2.46. The fourth-order valence-electron chi connectivity index (χ4n) is 3.89. The minimum Gasteiger partial charge on any atom is -0.385 e. The molecule has 0 aromatic heterocycles. The molecule has 0 bridgehead atoms. The summed E-state index contributed by atoms with van der Waals surface area (Å²) in [6, 6.07) is 0.698. The fourth-order valence-corrected chi connectivity index (χ4v) is 3.89. The summed E-state index contributed by atoms with van der Waals surface area (Å²) in [5, 5.41) is 3.88. The molecule has 4 nitrogen and oxygen atoms in total. The third-order valence-corrected chi connectivity index (χ3v) is 5.08. The molecule has 1 atom stereocenters. The van der Waals surface area contributed by atoms with Gasteiger partial charge in [0.1, 0.15) is 0 Å². The summed E-state index contributed by atoms with van der Waals surface area (Å²) in [7, 11) is 1.75. The largest absolute Gasteiger partial charge is 0.385 e. The molecule has 2 fully saturated rings. The molecule has 1 saturated heterocycles. The molecule has 0 aromatic carbocycles. The van der Waals surface area contributed by atoms with E-state index in [1.807, 2.05) is 0 Å². The van der Waals surface area contributed by atoms with Crippen LogP contribution < -0.4 is 5.32 Å². The van der Waals surface area contributed by atoms with E-state index in [4.69, 9.17) is 9.47 Å². The summed E-state index contributed by atoms with van der Waals surface area (Å²) >= 11 is 0. The Hall–Kier alpha value is -0.160. The van der Waals surface area contributed by atoms with Crippen molar-refractivity contribution in [3.8, 4) is 0 Å². The maximum atomic E-state index is 5.77. The van der Waals surface area contributed by atoms with Crippen LogP contribution in [0.15, 0.2) is 0 Å². The molecular formula is C17H34N2O2. The quantitative estimate of drug-likeness (QED) is 0.663. The molecule has 1 aliphatic carbocycles. The van der Waals surface area contributed by atoms with Crippen molar-refractivity contribution >= 4 is 0 Å². The van der Waals surface area contributed by atoms with Gasteiger partial charge in [0.2, 0.25) is 0 Å². The third kappa shape index (κ3) is 5.20. The number of hydrogen-bond acceptors (Lipinski definition) is 4. The van der Waals surface area contributed by atoms with Crippen LogP contribution in [0.4, 0.5) is 0 Å². The molecule has 0 radical (unpaired) electrons. The molecule has 21 heavy (non-hydrogen) atoms. The van der Waals surface area contributed by atoms with Gasteiger partial charge in [-0.25, -0.2) is 0 Å². The van der Waals surface area contributed by atoms with Gasteiger partial charge in [0, 0.05) is 51.5 Å². The van der Waals surface area contributed by atoms with Gasteiger partial charge in [0.15, 0.2) is 0 Å². The van der Waals surface area contributed by atoms with Gasteiger partial charge in [-0.2, -0.15) is 0 Å². The van der Waals surface area contributed by atoms with Crippen molar-refractivity contribution in [2.45, 2.75) is 63.5 Å². The second kappa shape index (κ2) is 9.09. The van der Waals surface area contributed by atoms with Crippen molar-refractivity contribution in [2.75, 3.05) is 46.6 Å². The van der Waals surface area contributed by atoms with E-state index in [-0.39, 0.29) is 0 Å². The van der Waals surface area contributed by atoms with Gasteiger partial charge in [-0.3, -0.25) is 4.90 Å². The molecule has 1 spiro atoms. The van der Waals surface area contributed by atoms with Gasteiger partial charge in [0.25, 0.3) is 0 Å². The number of ether oxygens (including phenoxy) is 2. The normalized spacial score (nSPS) is 25.7. The Bertz CT molecular complexity index is 280. The van der Waals surface area contributed by atoms with Gasteiger partial charge in [-0.05, 0) is 25.7 Å². The van der Waals surface area contributed by atoms with Gasteiger partial charge >= 0.3 is 0 Å². The Balaban J connectivity index is 1.74. The van der Waals surface area contributed by atoms with E-state index in [1.54, 1.807) is 7.11 Å². The van der Waals surface area contributed by atoms with Crippen molar-refractivity contribution in [2.24, 2.45) is 0 Å². The fraction of sp³-hybridized carbons (Fsp3) is 1.00. The van der Waals surface area contributed by atoms with Crippen LogP contribution in [0.3, 0.4) is 0 Å². The Kier molecular flexibility index (Phi) is 7.44. The van der Waals surface area contributed by atoms with Crippen LogP contribution in [0.5, 0.6) is 0 Å². The van der Waals surface area contributed by atoms with Crippen LogP contribution in [-0.4, -0.2) is 63.0 Å². The predicted molar refractivity (Wildman–Crippen MR) is 86.8 cm³/mol. The minimum absolute atomic E-state index is 0.417. The van der Waals surface area contributed by atoms with E-state index in [1.165, 1.54) is 45.1 Å². The number of rotatable bonds is 9. The molecule has 1 heterocycles. The number of hydrogen-bond donors (Lipinski definition) is 1. The van der Waals surface area contributed by atoms with Crippen molar-refractivity contribution in [1.29, 1.82) is 0 Å². The topological polar surface area (TPSA) is 33.7 Å². The Morgan fingerprint density at radius 2 is 2.00 bits per heavy atom. The molecule has 124 valence electrons. The Labute approximate surface area is 130 Å². The van der Waals surface area contributed by atoms with E-state index in [9.17, 15) is 0 Å². The molecule has 4 heteroatoms. The van der Waals surface area contributed by atoms with E-state index in [0.717, 1.165) is 39.3 Å². The van der Waals surface area contributed by atoms with Gasteiger partial charge in [0.05, 0.1) is 6.61 Å². The summed E-state index contributed by atoms with van der Waals surface area (Å²) in [5.41, 5.74) is 0.417. The second-order valence-corrected chi connectivity index (χ2v) is 6.74. The molecule has 2 rings (SSSR count). The first-order valence-electron chi connectivity index (χ1n) is 8.85. The summed E-state index contributed by atoms with van der Waals surface area (Å²) in [4.78, 5) is 2.70.